The van der Waals surface area contributed by atoms with Crippen LogP contribution in [0.1, 0.15) is 50.6 Å². The predicted molar refractivity (Wildman–Crippen MR) is 86.8 cm³/mol. The van der Waals surface area contributed by atoms with E-state index in [1.807, 2.05) is 0 Å². The fourth-order valence-electron chi connectivity index (χ4n) is 3.59. The lowest BCUT2D eigenvalue weighted by Gasteiger charge is -2.33. The number of rotatable bonds is 7. The fraction of sp³-hybridized carbons (Fsp3) is 0.667. The van der Waals surface area contributed by atoms with Crippen LogP contribution in [0, 0.1) is 0 Å². The fourth-order valence-corrected chi connectivity index (χ4v) is 3.59. The largest absolute Gasteiger partial charge is 0.497 e. The van der Waals surface area contributed by atoms with Crippen LogP contribution in [0.4, 0.5) is 0 Å². The van der Waals surface area contributed by atoms with Crippen LogP contribution in [0.2, 0.25) is 0 Å². The molecular weight excluding hydrogens is 260 g/mol. The number of hydrogen-bond donors (Lipinski definition) is 1. The lowest BCUT2D eigenvalue weighted by molar-refractivity contribution is 0.165. The van der Waals surface area contributed by atoms with Gasteiger partial charge in [0.25, 0.3) is 0 Å². The van der Waals surface area contributed by atoms with Gasteiger partial charge < -0.3 is 10.1 Å². The summed E-state index contributed by atoms with van der Waals surface area (Å²) in [5, 5.41) is 3.66. The maximum atomic E-state index is 5.29. The van der Waals surface area contributed by atoms with E-state index in [-0.39, 0.29) is 0 Å². The molecule has 1 saturated heterocycles. The molecule has 0 aromatic heterocycles. The van der Waals surface area contributed by atoms with E-state index in [1.165, 1.54) is 50.8 Å². The molecule has 1 aliphatic carbocycles. The number of nitrogens with zero attached hydrogens (tertiary/aromatic N) is 1. The van der Waals surface area contributed by atoms with Crippen molar-refractivity contribution in [3.8, 4) is 5.75 Å². The average molecular weight is 288 g/mol. The number of methoxy groups -OCH3 is 1. The van der Waals surface area contributed by atoms with Crippen molar-refractivity contribution in [2.75, 3.05) is 20.2 Å². The number of hydrogen-bond acceptors (Lipinski definition) is 3. The highest BCUT2D eigenvalue weighted by molar-refractivity contribution is 5.29. The average Bonchev–Trinajstić information content (AvgIpc) is 3.25. The van der Waals surface area contributed by atoms with Crippen molar-refractivity contribution in [2.45, 2.75) is 57.2 Å². The molecule has 1 aromatic carbocycles. The van der Waals surface area contributed by atoms with Crippen LogP contribution < -0.4 is 10.1 Å². The second kappa shape index (κ2) is 6.80. The minimum Gasteiger partial charge on any atom is -0.497 e. The molecular formula is C18H28N2O. The summed E-state index contributed by atoms with van der Waals surface area (Å²) in [6.07, 6.45) is 6.60. The van der Waals surface area contributed by atoms with Crippen LogP contribution in [-0.2, 0) is 0 Å². The molecule has 0 bridgehead atoms. The Hall–Kier alpha value is -1.06. The van der Waals surface area contributed by atoms with Gasteiger partial charge >= 0.3 is 0 Å². The Labute approximate surface area is 128 Å². The first-order chi connectivity index (χ1) is 10.3. The molecule has 2 fully saturated rings. The van der Waals surface area contributed by atoms with Crippen LogP contribution in [-0.4, -0.2) is 37.2 Å². The normalized spacial score (nSPS) is 23.5. The highest BCUT2D eigenvalue weighted by Gasteiger charge is 2.35. The minimum atomic E-state index is 0.547. The Kier molecular flexibility index (Phi) is 4.81. The minimum absolute atomic E-state index is 0.547. The molecule has 1 N–H and O–H groups in total. The van der Waals surface area contributed by atoms with E-state index in [9.17, 15) is 0 Å². The third-order valence-corrected chi connectivity index (χ3v) is 4.90. The van der Waals surface area contributed by atoms with Gasteiger partial charge in [-0.25, -0.2) is 0 Å². The summed E-state index contributed by atoms with van der Waals surface area (Å²) in [6, 6.07) is 10.7. The predicted octanol–water partition coefficient (Wildman–Crippen LogP) is 3.36. The zero-order chi connectivity index (χ0) is 14.7. The number of benzene rings is 1. The van der Waals surface area contributed by atoms with E-state index in [4.69, 9.17) is 4.74 Å². The van der Waals surface area contributed by atoms with Crippen LogP contribution in [0.25, 0.3) is 0 Å². The zero-order valence-electron chi connectivity index (χ0n) is 13.3. The summed E-state index contributed by atoms with van der Waals surface area (Å²) in [6.45, 7) is 4.71. The van der Waals surface area contributed by atoms with Crippen molar-refractivity contribution in [2.24, 2.45) is 0 Å². The third-order valence-electron chi connectivity index (χ3n) is 4.90. The molecule has 1 heterocycles. The van der Waals surface area contributed by atoms with Gasteiger partial charge in [0.1, 0.15) is 5.75 Å². The maximum absolute atomic E-state index is 5.29. The van der Waals surface area contributed by atoms with E-state index in [1.54, 1.807) is 7.11 Å². The summed E-state index contributed by atoms with van der Waals surface area (Å²) < 4.78 is 5.29. The molecule has 1 aliphatic heterocycles. The van der Waals surface area contributed by atoms with Gasteiger partial charge in [-0.05, 0) is 56.3 Å². The Morgan fingerprint density at radius 3 is 2.52 bits per heavy atom. The number of ether oxygens (including phenoxy) is 1. The van der Waals surface area contributed by atoms with E-state index in [0.717, 1.165) is 11.8 Å². The van der Waals surface area contributed by atoms with Crippen molar-refractivity contribution in [3.63, 3.8) is 0 Å². The van der Waals surface area contributed by atoms with Crippen LogP contribution >= 0.6 is 0 Å². The molecule has 0 spiro atoms. The van der Waals surface area contributed by atoms with Crippen molar-refractivity contribution in [3.05, 3.63) is 29.8 Å². The topological polar surface area (TPSA) is 24.5 Å². The molecule has 116 valence electrons. The molecule has 21 heavy (non-hydrogen) atoms. The van der Waals surface area contributed by atoms with Gasteiger partial charge in [0.2, 0.25) is 0 Å². The van der Waals surface area contributed by atoms with E-state index < -0.39 is 0 Å². The standard InChI is InChI=1S/C18H28N2O/c1-3-18(14-6-10-17(21-2)11-7-14)20(16-8-9-16)13-15-5-4-12-19-15/h6-7,10-11,15-16,18-19H,3-5,8-9,12-13H2,1-2H3. The summed E-state index contributed by atoms with van der Waals surface area (Å²) in [5.74, 6) is 0.948. The highest BCUT2D eigenvalue weighted by atomic mass is 16.5. The lowest BCUT2D eigenvalue weighted by Crippen LogP contribution is -2.40. The Morgan fingerprint density at radius 1 is 1.24 bits per heavy atom. The van der Waals surface area contributed by atoms with Gasteiger partial charge in [0.05, 0.1) is 7.11 Å². The van der Waals surface area contributed by atoms with Crippen molar-refractivity contribution in [1.29, 1.82) is 0 Å². The SMILES string of the molecule is CCC(c1ccc(OC)cc1)N(CC1CCCN1)C1CC1. The van der Waals surface area contributed by atoms with E-state index in [2.05, 4.69) is 41.4 Å². The van der Waals surface area contributed by atoms with Gasteiger partial charge in [-0.15, -0.1) is 0 Å². The number of nitrogens with one attached hydrogen (secondary N) is 1. The summed E-state index contributed by atoms with van der Waals surface area (Å²) >= 11 is 0. The van der Waals surface area contributed by atoms with Crippen LogP contribution in [0.5, 0.6) is 5.75 Å². The maximum Gasteiger partial charge on any atom is 0.118 e. The Balaban J connectivity index is 1.73. The van der Waals surface area contributed by atoms with Gasteiger partial charge in [0.15, 0.2) is 0 Å². The van der Waals surface area contributed by atoms with E-state index >= 15 is 0 Å². The van der Waals surface area contributed by atoms with Gasteiger partial charge in [-0.1, -0.05) is 19.1 Å². The smallest absolute Gasteiger partial charge is 0.118 e. The van der Waals surface area contributed by atoms with Crippen molar-refractivity contribution >= 4 is 0 Å². The molecule has 0 amide bonds. The van der Waals surface area contributed by atoms with Crippen LogP contribution in [0.3, 0.4) is 0 Å². The van der Waals surface area contributed by atoms with Gasteiger partial charge in [-0.2, -0.15) is 0 Å². The first kappa shape index (κ1) is 14.9. The molecule has 2 aliphatic rings. The molecule has 1 saturated carbocycles. The first-order valence-electron chi connectivity index (χ1n) is 8.45. The van der Waals surface area contributed by atoms with Gasteiger partial charge in [0, 0.05) is 24.7 Å². The summed E-state index contributed by atoms with van der Waals surface area (Å²) in [7, 11) is 1.73. The third kappa shape index (κ3) is 3.58. The van der Waals surface area contributed by atoms with Crippen molar-refractivity contribution in [1.82, 2.24) is 10.2 Å². The molecule has 0 radical (unpaired) electrons. The van der Waals surface area contributed by atoms with E-state index in [0.29, 0.717) is 12.1 Å². The first-order valence-corrected chi connectivity index (χ1v) is 8.45. The second-order valence-corrected chi connectivity index (χ2v) is 6.42. The lowest BCUT2D eigenvalue weighted by atomic mass is 10.0. The molecule has 3 rings (SSSR count). The quantitative estimate of drug-likeness (QED) is 0.832. The molecule has 1 aromatic rings. The molecule has 3 heteroatoms. The zero-order valence-corrected chi connectivity index (χ0v) is 13.3. The molecule has 3 nitrogen and oxygen atoms in total. The Morgan fingerprint density at radius 2 is 2.00 bits per heavy atom. The van der Waals surface area contributed by atoms with Gasteiger partial charge in [-0.3, -0.25) is 4.90 Å². The van der Waals surface area contributed by atoms with Crippen molar-refractivity contribution < 1.29 is 4.74 Å². The second-order valence-electron chi connectivity index (χ2n) is 6.42. The molecule has 2 atom stereocenters. The molecule has 2 unspecified atom stereocenters. The summed E-state index contributed by atoms with van der Waals surface area (Å²) in [5.41, 5.74) is 1.43. The Bertz CT molecular complexity index is 435. The monoisotopic (exact) mass is 288 g/mol. The van der Waals surface area contributed by atoms with Crippen LogP contribution in [0.15, 0.2) is 24.3 Å². The summed E-state index contributed by atoms with van der Waals surface area (Å²) in [4.78, 5) is 2.75. The highest BCUT2D eigenvalue weighted by Crippen LogP contribution is 2.37.